The Labute approximate surface area is 109 Å². The van der Waals surface area contributed by atoms with Crippen molar-refractivity contribution in [3.63, 3.8) is 0 Å². The van der Waals surface area contributed by atoms with E-state index in [1.807, 2.05) is 18.2 Å². The van der Waals surface area contributed by atoms with Gasteiger partial charge in [-0.25, -0.2) is 4.79 Å². The van der Waals surface area contributed by atoms with Gasteiger partial charge in [0, 0.05) is 17.4 Å². The summed E-state index contributed by atoms with van der Waals surface area (Å²) in [5, 5.41) is 9.70. The van der Waals surface area contributed by atoms with Gasteiger partial charge in [0.1, 0.15) is 0 Å². The van der Waals surface area contributed by atoms with E-state index in [1.165, 1.54) is 0 Å². The van der Waals surface area contributed by atoms with Crippen molar-refractivity contribution < 1.29 is 14.3 Å². The molecule has 5 nitrogen and oxygen atoms in total. The molecule has 100 valence electrons. The second-order valence-corrected chi connectivity index (χ2v) is 5.74. The fourth-order valence-corrected chi connectivity index (χ4v) is 3.27. The number of rotatable bonds is 3. The van der Waals surface area contributed by atoms with Gasteiger partial charge < -0.3 is 14.3 Å². The summed E-state index contributed by atoms with van der Waals surface area (Å²) in [5.74, 6) is -0.436. The molecule has 2 fully saturated rings. The second kappa shape index (κ2) is 3.49. The smallest absolute Gasteiger partial charge is 0.408 e. The molecular weight excluding hydrogens is 246 g/mol. The zero-order valence-corrected chi connectivity index (χ0v) is 10.4. The van der Waals surface area contributed by atoms with Crippen molar-refractivity contribution in [3.8, 4) is 0 Å². The first-order valence-electron chi connectivity index (χ1n) is 6.51. The van der Waals surface area contributed by atoms with Crippen LogP contribution in [0.1, 0.15) is 18.4 Å². The Morgan fingerprint density at radius 3 is 2.68 bits per heavy atom. The molecule has 2 heterocycles. The predicted octanol–water partition coefficient (Wildman–Crippen LogP) is 1.16. The maximum atomic E-state index is 11.2. The van der Waals surface area contributed by atoms with Crippen molar-refractivity contribution >= 4 is 11.1 Å². The summed E-state index contributed by atoms with van der Waals surface area (Å²) in [4.78, 5) is 13.9. The molecule has 1 aliphatic carbocycles. The van der Waals surface area contributed by atoms with Gasteiger partial charge in [-0.3, -0.25) is 4.98 Å². The van der Waals surface area contributed by atoms with Crippen LogP contribution in [-0.4, -0.2) is 29.9 Å². The zero-order chi connectivity index (χ0) is 13.1. The number of ether oxygens (including phenoxy) is 1. The molecule has 0 radical (unpaired) electrons. The largest absolute Gasteiger partial charge is 0.417 e. The van der Waals surface area contributed by atoms with Crippen LogP contribution in [0, 0.1) is 5.41 Å². The van der Waals surface area contributed by atoms with E-state index in [1.54, 1.807) is 0 Å². The van der Waals surface area contributed by atoms with Crippen LogP contribution in [0.4, 0.5) is 0 Å². The fraction of sp³-hybridized carbons (Fsp3) is 0.500. The number of aliphatic hydroxyl groups excluding tert-OH is 1. The Kier molecular flexibility index (Phi) is 2.07. The molecule has 4 rings (SSSR count). The number of nitrogens with one attached hydrogen (secondary N) is 1. The average Bonchev–Trinajstić information content (AvgIpc) is 3.04. The Morgan fingerprint density at radius 2 is 2.11 bits per heavy atom. The molecule has 0 bridgehead atoms. The third-order valence-electron chi connectivity index (χ3n) is 4.84. The van der Waals surface area contributed by atoms with Gasteiger partial charge >= 0.3 is 5.76 Å². The standard InChI is InChI=1S/C14H15NO4/c16-6-13(3-4-13)14(7-18-8-14)9-1-2-10-11(5-9)19-12(17)15-10/h1-2,5,16H,3-4,6-8H2,(H,15,17). The van der Waals surface area contributed by atoms with Gasteiger partial charge in [0.25, 0.3) is 0 Å². The van der Waals surface area contributed by atoms with Gasteiger partial charge in [0.05, 0.1) is 18.7 Å². The Balaban J connectivity index is 1.86. The van der Waals surface area contributed by atoms with E-state index in [0.29, 0.717) is 24.3 Å². The maximum absolute atomic E-state index is 11.2. The molecule has 0 amide bonds. The van der Waals surface area contributed by atoms with Gasteiger partial charge in [-0.05, 0) is 30.5 Å². The first kappa shape index (κ1) is 11.3. The van der Waals surface area contributed by atoms with Crippen LogP contribution in [0.15, 0.2) is 27.4 Å². The molecule has 1 saturated carbocycles. The molecule has 0 unspecified atom stereocenters. The Bertz CT molecular complexity index is 691. The van der Waals surface area contributed by atoms with Crippen LogP contribution in [0.3, 0.4) is 0 Å². The summed E-state index contributed by atoms with van der Waals surface area (Å²) < 4.78 is 10.6. The molecular formula is C14H15NO4. The van der Waals surface area contributed by atoms with Crippen molar-refractivity contribution in [3.05, 3.63) is 34.3 Å². The molecule has 2 N–H and O–H groups in total. The van der Waals surface area contributed by atoms with Crippen LogP contribution in [-0.2, 0) is 10.2 Å². The number of hydrogen-bond acceptors (Lipinski definition) is 4. The number of H-pyrrole nitrogens is 1. The number of aromatic nitrogens is 1. The van der Waals surface area contributed by atoms with Crippen molar-refractivity contribution in [1.82, 2.24) is 4.98 Å². The fourth-order valence-electron chi connectivity index (χ4n) is 3.27. The minimum atomic E-state index is -0.436. The third-order valence-corrected chi connectivity index (χ3v) is 4.84. The molecule has 1 saturated heterocycles. The molecule has 5 heteroatoms. The van der Waals surface area contributed by atoms with Gasteiger partial charge in [-0.2, -0.15) is 0 Å². The van der Waals surface area contributed by atoms with Crippen molar-refractivity contribution in [1.29, 1.82) is 0 Å². The molecule has 0 spiro atoms. The lowest BCUT2D eigenvalue weighted by atomic mass is 9.66. The third kappa shape index (κ3) is 1.34. The summed E-state index contributed by atoms with van der Waals surface area (Å²) >= 11 is 0. The highest BCUT2D eigenvalue weighted by molar-refractivity contribution is 5.73. The van der Waals surface area contributed by atoms with Crippen LogP contribution in [0.25, 0.3) is 11.1 Å². The quantitative estimate of drug-likeness (QED) is 0.869. The summed E-state index contributed by atoms with van der Waals surface area (Å²) in [6, 6.07) is 5.78. The van der Waals surface area contributed by atoms with E-state index in [4.69, 9.17) is 9.15 Å². The van der Waals surface area contributed by atoms with Crippen LogP contribution in [0.5, 0.6) is 0 Å². The molecule has 1 aliphatic heterocycles. The monoisotopic (exact) mass is 261 g/mol. The van der Waals surface area contributed by atoms with Crippen molar-refractivity contribution in [2.24, 2.45) is 5.41 Å². The van der Waals surface area contributed by atoms with E-state index < -0.39 is 5.76 Å². The highest BCUT2D eigenvalue weighted by Crippen LogP contribution is 2.62. The summed E-state index contributed by atoms with van der Waals surface area (Å²) in [5.41, 5.74) is 2.21. The molecule has 1 aromatic carbocycles. The number of aromatic amines is 1. The van der Waals surface area contributed by atoms with Crippen LogP contribution in [0.2, 0.25) is 0 Å². The molecule has 19 heavy (non-hydrogen) atoms. The minimum absolute atomic E-state index is 0.0461. The number of benzene rings is 1. The Morgan fingerprint density at radius 1 is 1.32 bits per heavy atom. The van der Waals surface area contributed by atoms with Gasteiger partial charge in [0.2, 0.25) is 0 Å². The SMILES string of the molecule is O=c1[nH]c2ccc(C3(C4(CO)CC4)COC3)cc2o1. The van der Waals surface area contributed by atoms with E-state index in [0.717, 1.165) is 18.4 Å². The molecule has 0 atom stereocenters. The number of aliphatic hydroxyl groups is 1. The van der Waals surface area contributed by atoms with Gasteiger partial charge in [-0.15, -0.1) is 0 Å². The first-order valence-corrected chi connectivity index (χ1v) is 6.51. The average molecular weight is 261 g/mol. The van der Waals surface area contributed by atoms with Crippen LogP contribution >= 0.6 is 0 Å². The lowest BCUT2D eigenvalue weighted by molar-refractivity contribution is -0.110. The molecule has 2 aliphatic rings. The molecule has 2 aromatic rings. The van der Waals surface area contributed by atoms with Gasteiger partial charge in [-0.1, -0.05) is 6.07 Å². The normalized spacial score (nSPS) is 23.2. The maximum Gasteiger partial charge on any atom is 0.417 e. The van der Waals surface area contributed by atoms with E-state index >= 15 is 0 Å². The van der Waals surface area contributed by atoms with E-state index in [9.17, 15) is 9.90 Å². The summed E-state index contributed by atoms with van der Waals surface area (Å²) in [7, 11) is 0. The summed E-state index contributed by atoms with van der Waals surface area (Å²) in [6.07, 6.45) is 2.06. The second-order valence-electron chi connectivity index (χ2n) is 5.74. The lowest BCUT2D eigenvalue weighted by Gasteiger charge is -2.48. The molecule has 1 aromatic heterocycles. The highest BCUT2D eigenvalue weighted by atomic mass is 16.5. The Hall–Kier alpha value is -1.59. The first-order chi connectivity index (χ1) is 9.19. The summed E-state index contributed by atoms with van der Waals surface area (Å²) in [6.45, 7) is 1.45. The number of fused-ring (bicyclic) bond motifs is 1. The highest BCUT2D eigenvalue weighted by Gasteiger charge is 2.63. The zero-order valence-electron chi connectivity index (χ0n) is 10.4. The minimum Gasteiger partial charge on any atom is -0.408 e. The van der Waals surface area contributed by atoms with E-state index in [-0.39, 0.29) is 17.4 Å². The van der Waals surface area contributed by atoms with Crippen LogP contribution < -0.4 is 5.76 Å². The van der Waals surface area contributed by atoms with E-state index in [2.05, 4.69) is 4.98 Å². The van der Waals surface area contributed by atoms with Crippen molar-refractivity contribution in [2.75, 3.05) is 19.8 Å². The predicted molar refractivity (Wildman–Crippen MR) is 68.1 cm³/mol. The topological polar surface area (TPSA) is 75.5 Å². The van der Waals surface area contributed by atoms with Crippen molar-refractivity contribution in [2.45, 2.75) is 18.3 Å². The lowest BCUT2D eigenvalue weighted by Crippen LogP contribution is -2.54. The number of oxazole rings is 1. The number of hydrogen-bond donors (Lipinski definition) is 2. The van der Waals surface area contributed by atoms with Gasteiger partial charge in [0.15, 0.2) is 5.58 Å².